The van der Waals surface area contributed by atoms with Crippen LogP contribution in [0.3, 0.4) is 0 Å². The number of nitrogens with zero attached hydrogens (tertiary/aromatic N) is 3. The van der Waals surface area contributed by atoms with Crippen molar-refractivity contribution in [3.8, 4) is 0 Å². The number of rotatable bonds is 6. The van der Waals surface area contributed by atoms with Crippen LogP contribution in [0.1, 0.15) is 42.4 Å². The Morgan fingerprint density at radius 2 is 1.81 bits per heavy atom. The van der Waals surface area contributed by atoms with E-state index in [1.165, 1.54) is 28.6 Å². The molecule has 0 bridgehead atoms. The Kier molecular flexibility index (Phi) is 6.06. The van der Waals surface area contributed by atoms with E-state index in [-0.39, 0.29) is 17.1 Å². The second-order valence-electron chi connectivity index (χ2n) is 7.47. The summed E-state index contributed by atoms with van der Waals surface area (Å²) >= 11 is 0. The van der Waals surface area contributed by atoms with E-state index in [4.69, 9.17) is 4.74 Å². The Balaban J connectivity index is 1.58. The minimum atomic E-state index is -3.56. The van der Waals surface area contributed by atoms with Crippen molar-refractivity contribution in [1.29, 1.82) is 0 Å². The molecule has 1 saturated heterocycles. The molecule has 0 aliphatic carbocycles. The first-order valence-corrected chi connectivity index (χ1v) is 11.8. The first kappa shape index (κ1) is 21.5. The number of aryl methyl sites for hydroxylation is 1. The summed E-state index contributed by atoms with van der Waals surface area (Å²) in [7, 11) is -3.56. The van der Waals surface area contributed by atoms with Gasteiger partial charge in [0, 0.05) is 19.6 Å². The predicted octanol–water partition coefficient (Wildman–Crippen LogP) is 3.73. The number of benzene rings is 2. The molecule has 1 aliphatic heterocycles. The van der Waals surface area contributed by atoms with Gasteiger partial charge in [0.05, 0.1) is 21.5 Å². The molecule has 2 heterocycles. The molecule has 7 nitrogen and oxygen atoms in total. The minimum absolute atomic E-state index is 0.0765. The van der Waals surface area contributed by atoms with Crippen molar-refractivity contribution in [2.75, 3.05) is 13.1 Å². The number of piperidine rings is 1. The number of esters is 1. The van der Waals surface area contributed by atoms with Crippen LogP contribution in [-0.2, 0) is 27.9 Å². The van der Waals surface area contributed by atoms with E-state index in [2.05, 4.69) is 4.98 Å². The number of aromatic nitrogens is 2. The quantitative estimate of drug-likeness (QED) is 0.540. The molecule has 9 heteroatoms. The van der Waals surface area contributed by atoms with Crippen LogP contribution in [0.2, 0.25) is 0 Å². The zero-order valence-corrected chi connectivity index (χ0v) is 18.1. The smallest absolute Gasteiger partial charge is 0.338 e. The second-order valence-corrected chi connectivity index (χ2v) is 9.41. The lowest BCUT2D eigenvalue weighted by Crippen LogP contribution is -2.35. The lowest BCUT2D eigenvalue weighted by atomic mass is 10.2. The highest BCUT2D eigenvalue weighted by atomic mass is 32.2. The Morgan fingerprint density at radius 1 is 1.10 bits per heavy atom. The monoisotopic (exact) mass is 445 g/mol. The van der Waals surface area contributed by atoms with Crippen LogP contribution < -0.4 is 0 Å². The first-order chi connectivity index (χ1) is 14.9. The van der Waals surface area contributed by atoms with Crippen LogP contribution in [0.4, 0.5) is 4.39 Å². The summed E-state index contributed by atoms with van der Waals surface area (Å²) in [4.78, 5) is 17.0. The maximum absolute atomic E-state index is 13.0. The number of halogens is 1. The molecule has 0 spiro atoms. The summed E-state index contributed by atoms with van der Waals surface area (Å²) in [5.41, 5.74) is 1.55. The molecule has 1 aromatic heterocycles. The molecule has 0 radical (unpaired) electrons. The molecule has 31 heavy (non-hydrogen) atoms. The first-order valence-electron chi connectivity index (χ1n) is 10.3. The molecule has 4 rings (SSSR count). The van der Waals surface area contributed by atoms with E-state index in [1.807, 2.05) is 11.5 Å². The summed E-state index contributed by atoms with van der Waals surface area (Å²) in [6.07, 6.45) is 2.79. The van der Waals surface area contributed by atoms with Gasteiger partial charge in [0.1, 0.15) is 18.2 Å². The number of fused-ring (bicyclic) bond motifs is 1. The minimum Gasteiger partial charge on any atom is -0.454 e. The maximum atomic E-state index is 13.0. The Morgan fingerprint density at radius 3 is 2.48 bits per heavy atom. The van der Waals surface area contributed by atoms with Gasteiger partial charge in [-0.2, -0.15) is 4.31 Å². The van der Waals surface area contributed by atoms with Gasteiger partial charge < -0.3 is 9.30 Å². The van der Waals surface area contributed by atoms with Crippen LogP contribution in [0, 0.1) is 5.82 Å². The standard InChI is InChI=1S/C22H24FN3O4S/c1-2-26-20-11-10-18(31(28,29)25-12-4-3-5-13-25)14-19(20)24-21(26)15-30-22(27)16-6-8-17(23)9-7-16/h6-11,14H,2-5,12-13,15H2,1H3. The molecule has 0 saturated carbocycles. The normalized spacial score (nSPS) is 15.3. The van der Waals surface area contributed by atoms with Crippen molar-refractivity contribution in [3.05, 3.63) is 59.7 Å². The number of carbonyl (C=O) groups excluding carboxylic acids is 1. The summed E-state index contributed by atoms with van der Waals surface area (Å²) in [5.74, 6) is -0.497. The lowest BCUT2D eigenvalue weighted by molar-refractivity contribution is 0.0458. The van der Waals surface area contributed by atoms with Crippen molar-refractivity contribution >= 4 is 27.0 Å². The Bertz CT molecular complexity index is 1200. The topological polar surface area (TPSA) is 81.5 Å². The van der Waals surface area contributed by atoms with Crippen molar-refractivity contribution < 1.29 is 22.3 Å². The second kappa shape index (κ2) is 8.76. The Hall–Kier alpha value is -2.78. The van der Waals surface area contributed by atoms with Gasteiger partial charge in [0.15, 0.2) is 0 Å². The molecule has 0 atom stereocenters. The molecular formula is C22H24FN3O4S. The third-order valence-electron chi connectivity index (χ3n) is 5.48. The van der Waals surface area contributed by atoms with E-state index in [9.17, 15) is 17.6 Å². The van der Waals surface area contributed by atoms with Gasteiger partial charge in [-0.05, 0) is 62.2 Å². The molecule has 0 N–H and O–H groups in total. The number of ether oxygens (including phenoxy) is 1. The van der Waals surface area contributed by atoms with Gasteiger partial charge in [-0.1, -0.05) is 6.42 Å². The SMILES string of the molecule is CCn1c(COC(=O)c2ccc(F)cc2)nc2cc(S(=O)(=O)N3CCCCC3)ccc21. The highest BCUT2D eigenvalue weighted by Gasteiger charge is 2.26. The zero-order valence-electron chi connectivity index (χ0n) is 17.3. The Labute approximate surface area is 180 Å². The van der Waals surface area contributed by atoms with E-state index >= 15 is 0 Å². The summed E-state index contributed by atoms with van der Waals surface area (Å²) < 4.78 is 47.8. The van der Waals surface area contributed by atoms with Crippen LogP contribution in [-0.4, -0.2) is 41.3 Å². The van der Waals surface area contributed by atoms with E-state index in [1.54, 1.807) is 18.2 Å². The van der Waals surface area contributed by atoms with E-state index in [0.717, 1.165) is 24.8 Å². The van der Waals surface area contributed by atoms with Gasteiger partial charge in [-0.3, -0.25) is 0 Å². The van der Waals surface area contributed by atoms with Gasteiger partial charge >= 0.3 is 5.97 Å². The van der Waals surface area contributed by atoms with Gasteiger partial charge in [0.2, 0.25) is 10.0 Å². The number of hydrogen-bond donors (Lipinski definition) is 0. The van der Waals surface area contributed by atoms with Gasteiger partial charge in [-0.15, -0.1) is 0 Å². The van der Waals surface area contributed by atoms with Crippen LogP contribution >= 0.6 is 0 Å². The molecule has 3 aromatic rings. The summed E-state index contributed by atoms with van der Waals surface area (Å²) in [6, 6.07) is 10.0. The van der Waals surface area contributed by atoms with E-state index in [0.29, 0.717) is 31.0 Å². The summed E-state index contributed by atoms with van der Waals surface area (Å²) in [6.45, 7) is 3.51. The lowest BCUT2D eigenvalue weighted by Gasteiger charge is -2.25. The predicted molar refractivity (Wildman–Crippen MR) is 114 cm³/mol. The summed E-state index contributed by atoms with van der Waals surface area (Å²) in [5, 5.41) is 0. The highest BCUT2D eigenvalue weighted by Crippen LogP contribution is 2.25. The van der Waals surface area contributed by atoms with Crippen molar-refractivity contribution in [2.45, 2.75) is 44.2 Å². The average Bonchev–Trinajstić information content (AvgIpc) is 3.15. The van der Waals surface area contributed by atoms with Crippen molar-refractivity contribution in [3.63, 3.8) is 0 Å². The highest BCUT2D eigenvalue weighted by molar-refractivity contribution is 7.89. The molecular weight excluding hydrogens is 421 g/mol. The number of carbonyl (C=O) groups is 1. The zero-order chi connectivity index (χ0) is 22.0. The third-order valence-corrected chi connectivity index (χ3v) is 7.37. The molecule has 1 aliphatic rings. The molecule has 164 valence electrons. The number of sulfonamides is 1. The van der Waals surface area contributed by atoms with Gasteiger partial charge in [0.25, 0.3) is 0 Å². The van der Waals surface area contributed by atoms with Crippen molar-refractivity contribution in [2.24, 2.45) is 0 Å². The molecule has 1 fully saturated rings. The number of imidazole rings is 1. The fourth-order valence-corrected chi connectivity index (χ4v) is 5.37. The fraction of sp³-hybridized carbons (Fsp3) is 0.364. The number of hydrogen-bond acceptors (Lipinski definition) is 5. The molecule has 0 unspecified atom stereocenters. The van der Waals surface area contributed by atoms with Gasteiger partial charge in [-0.25, -0.2) is 22.6 Å². The molecule has 0 amide bonds. The fourth-order valence-electron chi connectivity index (χ4n) is 3.84. The van der Waals surface area contributed by atoms with E-state index < -0.39 is 21.8 Å². The average molecular weight is 446 g/mol. The third kappa shape index (κ3) is 4.33. The van der Waals surface area contributed by atoms with Crippen LogP contribution in [0.5, 0.6) is 0 Å². The van der Waals surface area contributed by atoms with Crippen LogP contribution in [0.25, 0.3) is 11.0 Å². The molecule has 2 aromatic carbocycles. The van der Waals surface area contributed by atoms with Crippen LogP contribution in [0.15, 0.2) is 47.4 Å². The maximum Gasteiger partial charge on any atom is 0.338 e. The van der Waals surface area contributed by atoms with Crippen molar-refractivity contribution in [1.82, 2.24) is 13.9 Å². The largest absolute Gasteiger partial charge is 0.454 e.